The number of hydrogen-bond donors (Lipinski definition) is 3. The van der Waals surface area contributed by atoms with Gasteiger partial charge in [0.05, 0.1) is 29.9 Å². The largest absolute Gasteiger partial charge is 0.457 e. The van der Waals surface area contributed by atoms with Crippen LogP contribution in [0.4, 0.5) is 0 Å². The lowest BCUT2D eigenvalue weighted by molar-refractivity contribution is 0.0525. The van der Waals surface area contributed by atoms with Crippen molar-refractivity contribution in [3.63, 3.8) is 0 Å². The third kappa shape index (κ3) is 4.54. The molecule has 8 heteroatoms. The van der Waals surface area contributed by atoms with Crippen molar-refractivity contribution in [1.82, 2.24) is 10.2 Å². The van der Waals surface area contributed by atoms with Gasteiger partial charge in [-0.05, 0) is 67.6 Å². The third-order valence-electron chi connectivity index (χ3n) is 8.09. The van der Waals surface area contributed by atoms with E-state index in [1.54, 1.807) is 12.1 Å². The molecule has 3 aliphatic heterocycles. The number of carbonyl (C=O) groups is 2. The zero-order valence-corrected chi connectivity index (χ0v) is 20.9. The van der Waals surface area contributed by atoms with Gasteiger partial charge in [-0.25, -0.2) is 9.59 Å². The third-order valence-corrected chi connectivity index (χ3v) is 8.09. The van der Waals surface area contributed by atoms with Crippen molar-refractivity contribution in [2.24, 2.45) is 0 Å². The van der Waals surface area contributed by atoms with Gasteiger partial charge in [-0.2, -0.15) is 0 Å². The van der Waals surface area contributed by atoms with E-state index in [9.17, 15) is 19.8 Å². The quantitative estimate of drug-likeness (QED) is 0.481. The molecule has 3 aliphatic rings. The van der Waals surface area contributed by atoms with Gasteiger partial charge >= 0.3 is 11.9 Å². The van der Waals surface area contributed by atoms with Crippen LogP contribution in [0.2, 0.25) is 0 Å². The van der Waals surface area contributed by atoms with Gasteiger partial charge in [0, 0.05) is 30.3 Å². The number of rotatable bonds is 8. The van der Waals surface area contributed by atoms with Crippen LogP contribution in [-0.4, -0.2) is 59.3 Å². The summed E-state index contributed by atoms with van der Waals surface area (Å²) in [7, 11) is 0. The summed E-state index contributed by atoms with van der Waals surface area (Å²) in [5.41, 5.74) is 6.69. The second-order valence-corrected chi connectivity index (χ2v) is 10.1. The molecule has 0 radical (unpaired) electrons. The highest BCUT2D eigenvalue weighted by molar-refractivity contribution is 5.94. The van der Waals surface area contributed by atoms with Gasteiger partial charge in [-0.3, -0.25) is 4.90 Å². The van der Waals surface area contributed by atoms with Crippen molar-refractivity contribution in [2.75, 3.05) is 26.2 Å². The predicted molar refractivity (Wildman–Crippen MR) is 133 cm³/mol. The monoisotopic (exact) mass is 494 g/mol. The molecule has 1 fully saturated rings. The van der Waals surface area contributed by atoms with Gasteiger partial charge in [0.2, 0.25) is 0 Å². The number of nitrogens with one attached hydrogen (secondary N) is 1. The Kier molecular flexibility index (Phi) is 7.12. The molecule has 1 saturated heterocycles. The van der Waals surface area contributed by atoms with Crippen molar-refractivity contribution < 1.29 is 29.3 Å². The van der Waals surface area contributed by atoms with Crippen LogP contribution in [0.5, 0.6) is 0 Å². The van der Waals surface area contributed by atoms with Crippen molar-refractivity contribution in [3.05, 3.63) is 68.8 Å². The van der Waals surface area contributed by atoms with Gasteiger partial charge in [-0.1, -0.05) is 18.6 Å². The Balaban J connectivity index is 1.27. The van der Waals surface area contributed by atoms with Crippen LogP contribution in [0, 0.1) is 13.8 Å². The molecule has 192 valence electrons. The minimum absolute atomic E-state index is 0.0567. The highest BCUT2D eigenvalue weighted by atomic mass is 16.5. The second-order valence-electron chi connectivity index (χ2n) is 10.1. The maximum Gasteiger partial charge on any atom is 0.338 e. The molecule has 2 aromatic rings. The zero-order chi connectivity index (χ0) is 25.4. The predicted octanol–water partition coefficient (Wildman–Crippen LogP) is 2.86. The maximum absolute atomic E-state index is 11.9. The molecule has 3 heterocycles. The van der Waals surface area contributed by atoms with Crippen LogP contribution < -0.4 is 5.32 Å². The Morgan fingerprint density at radius 3 is 2.22 bits per heavy atom. The lowest BCUT2D eigenvalue weighted by atomic mass is 9.93. The van der Waals surface area contributed by atoms with Crippen molar-refractivity contribution in [1.29, 1.82) is 0 Å². The highest BCUT2D eigenvalue weighted by Crippen LogP contribution is 2.31. The summed E-state index contributed by atoms with van der Waals surface area (Å²) in [6, 6.07) is 7.27. The number of likely N-dealkylation sites (tertiary alicyclic amines) is 1. The molecule has 0 bridgehead atoms. The first-order chi connectivity index (χ1) is 17.4. The first-order valence-corrected chi connectivity index (χ1v) is 12.7. The minimum atomic E-state index is -0.670. The molecule has 3 N–H and O–H groups in total. The fourth-order valence-electron chi connectivity index (χ4n) is 5.88. The molecule has 3 atom stereocenters. The number of carbonyl (C=O) groups excluding carboxylic acids is 2. The Morgan fingerprint density at radius 2 is 1.58 bits per heavy atom. The Hall–Kier alpha value is -2.78. The lowest BCUT2D eigenvalue weighted by Crippen LogP contribution is -2.48. The van der Waals surface area contributed by atoms with Crippen molar-refractivity contribution in [2.45, 2.75) is 64.5 Å². The number of hydrogen-bond acceptors (Lipinski definition) is 8. The normalized spacial score (nSPS) is 21.1. The van der Waals surface area contributed by atoms with E-state index in [2.05, 4.69) is 10.2 Å². The molecule has 2 aromatic carbocycles. The fourth-order valence-corrected chi connectivity index (χ4v) is 5.88. The number of β-amino-alcohol motifs (C(OH)–C–C–N with tert-alkyl or cyclic N) is 1. The van der Waals surface area contributed by atoms with E-state index in [-0.39, 0.29) is 43.8 Å². The minimum Gasteiger partial charge on any atom is -0.457 e. The molecule has 36 heavy (non-hydrogen) atoms. The lowest BCUT2D eigenvalue weighted by Gasteiger charge is -2.38. The van der Waals surface area contributed by atoms with E-state index >= 15 is 0 Å². The van der Waals surface area contributed by atoms with Gasteiger partial charge in [-0.15, -0.1) is 0 Å². The van der Waals surface area contributed by atoms with Crippen LogP contribution in [0.1, 0.15) is 85.5 Å². The molecule has 0 aliphatic carbocycles. The Bertz CT molecular complexity index is 1180. The summed E-state index contributed by atoms with van der Waals surface area (Å²) in [6.07, 6.45) is 2.54. The molecule has 0 spiro atoms. The van der Waals surface area contributed by atoms with Crippen LogP contribution in [0.15, 0.2) is 24.3 Å². The molecule has 5 rings (SSSR count). The van der Waals surface area contributed by atoms with Crippen LogP contribution in [0.3, 0.4) is 0 Å². The zero-order valence-electron chi connectivity index (χ0n) is 20.9. The first-order valence-electron chi connectivity index (χ1n) is 12.7. The van der Waals surface area contributed by atoms with Crippen LogP contribution >= 0.6 is 0 Å². The highest BCUT2D eigenvalue weighted by Gasteiger charge is 2.30. The molecular formula is C28H34N2O6. The number of nitrogens with zero attached hydrogens (tertiary/aromatic N) is 1. The number of aliphatic hydroxyl groups is 2. The summed E-state index contributed by atoms with van der Waals surface area (Å²) in [5, 5.41) is 24.9. The average molecular weight is 495 g/mol. The number of esters is 2. The topological polar surface area (TPSA) is 108 Å². The number of cyclic esters (lactones) is 2. The van der Waals surface area contributed by atoms with Gasteiger partial charge < -0.3 is 25.0 Å². The molecular weight excluding hydrogens is 460 g/mol. The van der Waals surface area contributed by atoms with Crippen LogP contribution in [-0.2, 0) is 22.7 Å². The molecule has 3 unspecified atom stereocenters. The van der Waals surface area contributed by atoms with Crippen LogP contribution in [0.25, 0.3) is 0 Å². The second kappa shape index (κ2) is 10.3. The van der Waals surface area contributed by atoms with E-state index < -0.39 is 6.10 Å². The SMILES string of the molecule is Cc1c(C(O)CN2CCCCC2CNC(CO)c2ccc3c(c2C)COC3=O)ccc2c1COC2=O. The standard InChI is InChI=1S/C28H34N2O6/c1-16-19(6-8-21-23(16)14-35-27(21)33)25(13-31)29-11-18-5-3-4-10-30(18)12-26(32)20-7-9-22-24(17(20)2)15-36-28(22)34/h6-9,18,25-26,29,31-32H,3-5,10-15H2,1-2H3. The van der Waals surface area contributed by atoms with E-state index in [4.69, 9.17) is 9.47 Å². The molecule has 0 amide bonds. The Labute approximate surface area is 211 Å². The smallest absolute Gasteiger partial charge is 0.338 e. The van der Waals surface area contributed by atoms with E-state index in [1.165, 1.54) is 0 Å². The number of ether oxygens (including phenoxy) is 2. The van der Waals surface area contributed by atoms with Crippen molar-refractivity contribution in [3.8, 4) is 0 Å². The number of piperidine rings is 1. The van der Waals surface area contributed by atoms with E-state index in [0.717, 1.165) is 59.2 Å². The molecule has 0 aromatic heterocycles. The number of fused-ring (bicyclic) bond motifs is 2. The Morgan fingerprint density at radius 1 is 0.972 bits per heavy atom. The first kappa shape index (κ1) is 24.9. The van der Waals surface area contributed by atoms with Gasteiger partial charge in [0.1, 0.15) is 13.2 Å². The van der Waals surface area contributed by atoms with E-state index in [1.807, 2.05) is 26.0 Å². The summed E-state index contributed by atoms with van der Waals surface area (Å²) in [5.74, 6) is -0.588. The number of benzene rings is 2. The van der Waals surface area contributed by atoms with Crippen molar-refractivity contribution >= 4 is 11.9 Å². The fraction of sp³-hybridized carbons (Fsp3) is 0.500. The van der Waals surface area contributed by atoms with Gasteiger partial charge in [0.25, 0.3) is 0 Å². The summed E-state index contributed by atoms with van der Waals surface area (Å²) in [6.45, 7) is 6.48. The molecule has 0 saturated carbocycles. The summed E-state index contributed by atoms with van der Waals surface area (Å²) >= 11 is 0. The summed E-state index contributed by atoms with van der Waals surface area (Å²) < 4.78 is 10.3. The maximum atomic E-state index is 11.9. The number of aliphatic hydroxyl groups excluding tert-OH is 2. The summed E-state index contributed by atoms with van der Waals surface area (Å²) in [4.78, 5) is 26.1. The van der Waals surface area contributed by atoms with Gasteiger partial charge in [0.15, 0.2) is 0 Å². The van der Waals surface area contributed by atoms with E-state index in [0.29, 0.717) is 24.2 Å². The molecule has 8 nitrogen and oxygen atoms in total. The average Bonchev–Trinajstić information content (AvgIpc) is 3.45.